The highest BCUT2D eigenvalue weighted by Gasteiger charge is 2.09. The quantitative estimate of drug-likeness (QED) is 0.731. The molecule has 1 aromatic carbocycles. The maximum Gasteiger partial charge on any atom is 0.261 e. The second kappa shape index (κ2) is 5.34. The smallest absolute Gasteiger partial charge is 0.261 e. The Bertz CT molecular complexity index is 809. The summed E-state index contributed by atoms with van der Waals surface area (Å²) in [4.78, 5) is 32.4. The van der Waals surface area contributed by atoms with E-state index in [2.05, 4.69) is 9.97 Å². The van der Waals surface area contributed by atoms with Gasteiger partial charge in [0.25, 0.3) is 5.56 Å². The van der Waals surface area contributed by atoms with Crippen molar-refractivity contribution < 1.29 is 4.79 Å². The summed E-state index contributed by atoms with van der Waals surface area (Å²) in [6.45, 7) is 0.0241. The fraction of sp³-hybridized carbons (Fsp3) is 0.143. The number of hydrogen-bond acceptors (Lipinski definition) is 5. The number of rotatable bonds is 4. The maximum absolute atomic E-state index is 12.2. The summed E-state index contributed by atoms with van der Waals surface area (Å²) in [5.41, 5.74) is 0.448. The van der Waals surface area contributed by atoms with E-state index < -0.39 is 0 Å². The molecule has 0 saturated heterocycles. The van der Waals surface area contributed by atoms with Crippen LogP contribution in [0.3, 0.4) is 0 Å². The standard InChI is InChI=1S/C14H11N3O2S/c18-10(7-13-15-5-6-20-13)8-17-9-16-12-4-2-1-3-11(12)14(17)19/h1-6,9H,7-8H2. The lowest BCUT2D eigenvalue weighted by atomic mass is 10.2. The van der Waals surface area contributed by atoms with Crippen LogP contribution >= 0.6 is 11.3 Å². The summed E-state index contributed by atoms with van der Waals surface area (Å²) in [5.74, 6) is -0.0564. The van der Waals surface area contributed by atoms with Crippen molar-refractivity contribution in [2.75, 3.05) is 0 Å². The predicted molar refractivity (Wildman–Crippen MR) is 76.8 cm³/mol. The maximum atomic E-state index is 12.2. The average Bonchev–Trinajstić information content (AvgIpc) is 2.95. The highest BCUT2D eigenvalue weighted by atomic mass is 32.1. The summed E-state index contributed by atoms with van der Waals surface area (Å²) in [6, 6.07) is 7.10. The second-order valence-electron chi connectivity index (χ2n) is 4.34. The number of benzene rings is 1. The van der Waals surface area contributed by atoms with Gasteiger partial charge in [0, 0.05) is 11.6 Å². The number of fused-ring (bicyclic) bond motifs is 1. The fourth-order valence-corrected chi connectivity index (χ4v) is 2.62. The van der Waals surface area contributed by atoms with Gasteiger partial charge in [0.2, 0.25) is 0 Å². The number of aromatic nitrogens is 3. The fourth-order valence-electron chi connectivity index (χ4n) is 1.97. The molecule has 0 aliphatic heterocycles. The minimum Gasteiger partial charge on any atom is -0.297 e. The lowest BCUT2D eigenvalue weighted by Gasteiger charge is -2.05. The summed E-state index contributed by atoms with van der Waals surface area (Å²) in [5, 5.41) is 3.11. The topological polar surface area (TPSA) is 64.8 Å². The van der Waals surface area contributed by atoms with Gasteiger partial charge >= 0.3 is 0 Å². The van der Waals surface area contributed by atoms with Crippen LogP contribution in [0.1, 0.15) is 5.01 Å². The number of ketones is 1. The molecule has 0 fully saturated rings. The van der Waals surface area contributed by atoms with Crippen LogP contribution in [0, 0.1) is 0 Å². The number of Topliss-reactive ketones (excluding diaryl/α,β-unsaturated/α-hetero) is 1. The van der Waals surface area contributed by atoms with Crippen molar-refractivity contribution in [3.63, 3.8) is 0 Å². The van der Waals surface area contributed by atoms with Crippen molar-refractivity contribution in [1.29, 1.82) is 0 Å². The van der Waals surface area contributed by atoms with E-state index in [0.29, 0.717) is 10.9 Å². The highest BCUT2D eigenvalue weighted by molar-refractivity contribution is 7.09. The van der Waals surface area contributed by atoms with Crippen LogP contribution in [-0.2, 0) is 17.8 Å². The van der Waals surface area contributed by atoms with Crippen LogP contribution in [0.2, 0.25) is 0 Å². The third kappa shape index (κ3) is 2.50. The SMILES string of the molecule is O=C(Cc1nccs1)Cn1cnc2ccccc2c1=O. The van der Waals surface area contributed by atoms with Crippen LogP contribution in [0.15, 0.2) is 47.0 Å². The van der Waals surface area contributed by atoms with Crippen molar-refractivity contribution in [1.82, 2.24) is 14.5 Å². The molecule has 3 aromatic rings. The van der Waals surface area contributed by atoms with Crippen molar-refractivity contribution in [2.45, 2.75) is 13.0 Å². The first-order valence-corrected chi connectivity index (χ1v) is 6.96. The van der Waals surface area contributed by atoms with Crippen LogP contribution < -0.4 is 5.56 Å². The van der Waals surface area contributed by atoms with Crippen LogP contribution in [-0.4, -0.2) is 20.3 Å². The molecule has 0 bridgehead atoms. The van der Waals surface area contributed by atoms with E-state index in [1.807, 2.05) is 11.4 Å². The Labute approximate surface area is 118 Å². The van der Waals surface area contributed by atoms with Crippen LogP contribution in [0.5, 0.6) is 0 Å². The second-order valence-corrected chi connectivity index (χ2v) is 5.32. The average molecular weight is 285 g/mol. The molecule has 3 rings (SSSR count). The van der Waals surface area contributed by atoms with Gasteiger partial charge in [0.1, 0.15) is 0 Å². The first kappa shape index (κ1) is 12.7. The number of carbonyl (C=O) groups excluding carboxylic acids is 1. The van der Waals surface area contributed by atoms with Gasteiger partial charge in [0.05, 0.1) is 35.2 Å². The van der Waals surface area contributed by atoms with E-state index >= 15 is 0 Å². The van der Waals surface area contributed by atoms with E-state index in [1.165, 1.54) is 22.2 Å². The van der Waals surface area contributed by atoms with Crippen LogP contribution in [0.25, 0.3) is 10.9 Å². The third-order valence-electron chi connectivity index (χ3n) is 2.91. The van der Waals surface area contributed by atoms with Gasteiger partial charge in [0.15, 0.2) is 5.78 Å². The Morgan fingerprint density at radius 3 is 2.90 bits per heavy atom. The number of carbonyl (C=O) groups is 1. The molecule has 20 heavy (non-hydrogen) atoms. The predicted octanol–water partition coefficient (Wildman–Crippen LogP) is 1.66. The zero-order chi connectivity index (χ0) is 13.9. The van der Waals surface area contributed by atoms with Gasteiger partial charge in [-0.3, -0.25) is 14.2 Å². The molecular weight excluding hydrogens is 274 g/mol. The Morgan fingerprint density at radius 2 is 2.10 bits per heavy atom. The molecule has 0 atom stereocenters. The summed E-state index contributed by atoms with van der Waals surface area (Å²) in [6.07, 6.45) is 3.33. The van der Waals surface area contributed by atoms with Crippen molar-refractivity contribution in [3.05, 3.63) is 57.5 Å². The summed E-state index contributed by atoms with van der Waals surface area (Å²) in [7, 11) is 0. The molecule has 2 heterocycles. The zero-order valence-corrected chi connectivity index (χ0v) is 11.3. The number of hydrogen-bond donors (Lipinski definition) is 0. The van der Waals surface area contributed by atoms with Gasteiger partial charge in [-0.05, 0) is 12.1 Å². The van der Waals surface area contributed by atoms with E-state index in [9.17, 15) is 9.59 Å². The molecule has 0 radical (unpaired) electrons. The normalized spacial score (nSPS) is 10.8. The van der Waals surface area contributed by atoms with Gasteiger partial charge in [-0.1, -0.05) is 12.1 Å². The Kier molecular flexibility index (Phi) is 3.39. The third-order valence-corrected chi connectivity index (χ3v) is 3.69. The molecule has 6 heteroatoms. The zero-order valence-electron chi connectivity index (χ0n) is 10.5. The highest BCUT2D eigenvalue weighted by Crippen LogP contribution is 2.07. The molecule has 0 spiro atoms. The van der Waals surface area contributed by atoms with E-state index in [4.69, 9.17) is 0 Å². The van der Waals surface area contributed by atoms with Crippen molar-refractivity contribution >= 4 is 28.0 Å². The van der Waals surface area contributed by atoms with Gasteiger partial charge in [-0.2, -0.15) is 0 Å². The Morgan fingerprint density at radius 1 is 1.25 bits per heavy atom. The Hall–Kier alpha value is -2.34. The van der Waals surface area contributed by atoms with E-state index in [1.54, 1.807) is 24.4 Å². The number of para-hydroxylation sites is 1. The molecular formula is C14H11N3O2S. The Balaban J connectivity index is 1.86. The first-order valence-electron chi connectivity index (χ1n) is 6.08. The molecule has 0 aliphatic rings. The molecule has 0 unspecified atom stereocenters. The monoisotopic (exact) mass is 285 g/mol. The van der Waals surface area contributed by atoms with Gasteiger partial charge < -0.3 is 0 Å². The minimum absolute atomic E-state index is 0.0241. The molecule has 0 N–H and O–H groups in total. The molecule has 100 valence electrons. The number of nitrogens with zero attached hydrogens (tertiary/aromatic N) is 3. The molecule has 0 amide bonds. The summed E-state index contributed by atoms with van der Waals surface area (Å²) >= 11 is 1.43. The van der Waals surface area contributed by atoms with Gasteiger partial charge in [-0.15, -0.1) is 11.3 Å². The summed E-state index contributed by atoms with van der Waals surface area (Å²) < 4.78 is 1.35. The minimum atomic E-state index is -0.192. The molecule has 5 nitrogen and oxygen atoms in total. The van der Waals surface area contributed by atoms with Crippen LogP contribution in [0.4, 0.5) is 0 Å². The number of thiazole rings is 1. The van der Waals surface area contributed by atoms with E-state index in [0.717, 1.165) is 5.01 Å². The molecule has 2 aromatic heterocycles. The largest absolute Gasteiger partial charge is 0.297 e. The molecule has 0 saturated carbocycles. The molecule has 0 aliphatic carbocycles. The first-order chi connectivity index (χ1) is 9.74. The van der Waals surface area contributed by atoms with E-state index in [-0.39, 0.29) is 24.3 Å². The van der Waals surface area contributed by atoms with Gasteiger partial charge in [-0.25, -0.2) is 9.97 Å². The lowest BCUT2D eigenvalue weighted by Crippen LogP contribution is -2.25. The van der Waals surface area contributed by atoms with Crippen molar-refractivity contribution in [2.24, 2.45) is 0 Å². The lowest BCUT2D eigenvalue weighted by molar-refractivity contribution is -0.119. The van der Waals surface area contributed by atoms with Crippen molar-refractivity contribution in [3.8, 4) is 0 Å².